The molecule has 0 spiro atoms. The first kappa shape index (κ1) is 12.9. The molecule has 0 amide bonds. The van der Waals surface area contributed by atoms with Crippen LogP contribution in [-0.2, 0) is 9.53 Å². The number of carbonyl (C=O) groups is 1. The van der Waals surface area contributed by atoms with Crippen LogP contribution in [0.25, 0.3) is 0 Å². The molecule has 96 valence electrons. The fraction of sp³-hybridized carbons (Fsp3) is 0.0625. The summed E-state index contributed by atoms with van der Waals surface area (Å²) in [7, 11) is 0. The van der Waals surface area contributed by atoms with Crippen LogP contribution in [-0.4, -0.2) is 6.47 Å². The van der Waals surface area contributed by atoms with E-state index in [1.54, 1.807) is 6.08 Å². The second-order valence-corrected chi connectivity index (χ2v) is 3.82. The van der Waals surface area contributed by atoms with Crippen LogP contribution in [0.1, 0.15) is 11.7 Å². The van der Waals surface area contributed by atoms with Crippen LogP contribution in [0.15, 0.2) is 73.0 Å². The first-order valence-electron chi connectivity index (χ1n) is 5.92. The highest BCUT2D eigenvalue weighted by molar-refractivity contribution is 5.38. The van der Waals surface area contributed by atoms with E-state index in [0.29, 0.717) is 6.47 Å². The second kappa shape index (κ2) is 7.01. The molecular formula is C16H14O3. The maximum atomic E-state index is 10.2. The summed E-state index contributed by atoms with van der Waals surface area (Å²) in [4.78, 5) is 10.2. The quantitative estimate of drug-likeness (QED) is 0.584. The van der Waals surface area contributed by atoms with Gasteiger partial charge in [0, 0.05) is 0 Å². The first-order chi connectivity index (χ1) is 9.40. The summed E-state index contributed by atoms with van der Waals surface area (Å²) < 4.78 is 10.4. The Morgan fingerprint density at radius 1 is 0.895 bits per heavy atom. The molecule has 3 nitrogen and oxygen atoms in total. The van der Waals surface area contributed by atoms with Crippen molar-refractivity contribution in [2.45, 2.75) is 6.10 Å². The standard InChI is InChI=1S/C16H14O3/c17-13-18-12-11-16(14-7-3-1-4-8-14)19-15-9-5-2-6-10-15/h1-13,16H. The molecule has 0 aliphatic heterocycles. The topological polar surface area (TPSA) is 35.5 Å². The van der Waals surface area contributed by atoms with Crippen molar-refractivity contribution in [1.29, 1.82) is 0 Å². The Morgan fingerprint density at radius 2 is 1.53 bits per heavy atom. The van der Waals surface area contributed by atoms with Gasteiger partial charge in [0.15, 0.2) is 0 Å². The lowest BCUT2D eigenvalue weighted by Gasteiger charge is -2.15. The number of rotatable bonds is 6. The predicted molar refractivity (Wildman–Crippen MR) is 72.5 cm³/mol. The molecule has 1 unspecified atom stereocenters. The van der Waals surface area contributed by atoms with Crippen molar-refractivity contribution in [3.63, 3.8) is 0 Å². The van der Waals surface area contributed by atoms with Crippen molar-refractivity contribution in [2.75, 3.05) is 0 Å². The molecule has 2 aromatic rings. The van der Waals surface area contributed by atoms with E-state index in [4.69, 9.17) is 4.74 Å². The van der Waals surface area contributed by atoms with Crippen LogP contribution in [0.5, 0.6) is 5.75 Å². The van der Waals surface area contributed by atoms with Crippen molar-refractivity contribution >= 4 is 6.47 Å². The molecule has 0 aromatic heterocycles. The molecule has 0 aliphatic carbocycles. The molecule has 2 aromatic carbocycles. The summed E-state index contributed by atoms with van der Waals surface area (Å²) in [5.41, 5.74) is 0.983. The third-order valence-electron chi connectivity index (χ3n) is 2.52. The van der Waals surface area contributed by atoms with Crippen LogP contribution in [0.3, 0.4) is 0 Å². The molecule has 0 saturated heterocycles. The number of hydrogen-bond acceptors (Lipinski definition) is 3. The third kappa shape index (κ3) is 4.00. The monoisotopic (exact) mass is 254 g/mol. The normalized spacial score (nSPS) is 12.0. The molecule has 0 N–H and O–H groups in total. The van der Waals surface area contributed by atoms with E-state index in [1.807, 2.05) is 60.7 Å². The highest BCUT2D eigenvalue weighted by Crippen LogP contribution is 2.22. The molecule has 1 atom stereocenters. The van der Waals surface area contributed by atoms with Crippen LogP contribution in [0.2, 0.25) is 0 Å². The Labute approximate surface area is 112 Å². The van der Waals surface area contributed by atoms with Gasteiger partial charge in [0.1, 0.15) is 11.9 Å². The van der Waals surface area contributed by atoms with E-state index in [0.717, 1.165) is 11.3 Å². The molecule has 0 radical (unpaired) electrons. The largest absolute Gasteiger partial charge is 0.482 e. The summed E-state index contributed by atoms with van der Waals surface area (Å²) in [6.07, 6.45) is 2.72. The van der Waals surface area contributed by atoms with Crippen molar-refractivity contribution in [2.24, 2.45) is 0 Å². The molecule has 0 aliphatic rings. The molecular weight excluding hydrogens is 240 g/mol. The molecule has 3 heteroatoms. The van der Waals surface area contributed by atoms with Crippen LogP contribution in [0.4, 0.5) is 0 Å². The van der Waals surface area contributed by atoms with Gasteiger partial charge in [-0.2, -0.15) is 0 Å². The van der Waals surface area contributed by atoms with Gasteiger partial charge < -0.3 is 9.47 Å². The number of hydrogen-bond donors (Lipinski definition) is 0. The zero-order valence-electron chi connectivity index (χ0n) is 10.3. The molecule has 19 heavy (non-hydrogen) atoms. The van der Waals surface area contributed by atoms with Crippen LogP contribution >= 0.6 is 0 Å². The Hall–Kier alpha value is -2.55. The summed E-state index contributed by atoms with van der Waals surface area (Å²) in [6.45, 7) is 0.376. The predicted octanol–water partition coefficient (Wildman–Crippen LogP) is 3.49. The summed E-state index contributed by atoms with van der Waals surface area (Å²) in [6, 6.07) is 19.2. The molecule has 2 rings (SSSR count). The molecule has 0 saturated carbocycles. The maximum Gasteiger partial charge on any atom is 0.297 e. The average molecular weight is 254 g/mol. The Morgan fingerprint density at radius 3 is 2.16 bits per heavy atom. The molecule has 0 fully saturated rings. The maximum absolute atomic E-state index is 10.2. The first-order valence-corrected chi connectivity index (χ1v) is 5.92. The van der Waals surface area contributed by atoms with Crippen LogP contribution in [0, 0.1) is 0 Å². The zero-order chi connectivity index (χ0) is 13.3. The Kier molecular flexibility index (Phi) is 4.76. The van der Waals surface area contributed by atoms with Gasteiger partial charge in [-0.15, -0.1) is 0 Å². The van der Waals surface area contributed by atoms with Gasteiger partial charge in [-0.3, -0.25) is 4.79 Å². The van der Waals surface area contributed by atoms with Gasteiger partial charge >= 0.3 is 0 Å². The second-order valence-electron chi connectivity index (χ2n) is 3.82. The van der Waals surface area contributed by atoms with E-state index in [2.05, 4.69) is 4.74 Å². The minimum Gasteiger partial charge on any atom is -0.482 e. The van der Waals surface area contributed by atoms with Gasteiger partial charge in [-0.05, 0) is 23.8 Å². The number of carbonyl (C=O) groups excluding carboxylic acids is 1. The molecule has 0 heterocycles. The van der Waals surface area contributed by atoms with Crippen molar-refractivity contribution in [3.8, 4) is 5.75 Å². The molecule has 0 bridgehead atoms. The zero-order valence-corrected chi connectivity index (χ0v) is 10.3. The number of benzene rings is 2. The van der Waals surface area contributed by atoms with Gasteiger partial charge in [0.2, 0.25) is 0 Å². The van der Waals surface area contributed by atoms with Crippen molar-refractivity contribution < 1.29 is 14.3 Å². The smallest absolute Gasteiger partial charge is 0.297 e. The lowest BCUT2D eigenvalue weighted by molar-refractivity contribution is -0.123. The van der Waals surface area contributed by atoms with E-state index in [9.17, 15) is 4.79 Å². The van der Waals surface area contributed by atoms with Crippen LogP contribution < -0.4 is 4.74 Å². The summed E-state index contributed by atoms with van der Waals surface area (Å²) in [5, 5.41) is 0. The lowest BCUT2D eigenvalue weighted by atomic mass is 10.1. The van der Waals surface area contributed by atoms with E-state index in [-0.39, 0.29) is 6.10 Å². The van der Waals surface area contributed by atoms with E-state index in [1.165, 1.54) is 6.26 Å². The van der Waals surface area contributed by atoms with Gasteiger partial charge in [-0.1, -0.05) is 48.5 Å². The summed E-state index contributed by atoms with van der Waals surface area (Å²) >= 11 is 0. The third-order valence-corrected chi connectivity index (χ3v) is 2.52. The fourth-order valence-electron chi connectivity index (χ4n) is 1.66. The van der Waals surface area contributed by atoms with Gasteiger partial charge in [-0.25, -0.2) is 0 Å². The van der Waals surface area contributed by atoms with Gasteiger partial charge in [0.05, 0.1) is 6.26 Å². The number of para-hydroxylation sites is 1. The average Bonchev–Trinajstić information content (AvgIpc) is 2.48. The number of ether oxygens (including phenoxy) is 2. The van der Waals surface area contributed by atoms with Crippen molar-refractivity contribution in [3.05, 3.63) is 78.6 Å². The minimum absolute atomic E-state index is 0.302. The van der Waals surface area contributed by atoms with Crippen molar-refractivity contribution in [1.82, 2.24) is 0 Å². The highest BCUT2D eigenvalue weighted by Gasteiger charge is 2.09. The Bertz CT molecular complexity index is 520. The Balaban J connectivity index is 2.17. The SMILES string of the molecule is O=COC=CC(Oc1ccccc1)c1ccccc1. The summed E-state index contributed by atoms with van der Waals surface area (Å²) in [5.74, 6) is 0.757. The van der Waals surface area contributed by atoms with Gasteiger partial charge in [0.25, 0.3) is 6.47 Å². The highest BCUT2D eigenvalue weighted by atomic mass is 16.5. The fourth-order valence-corrected chi connectivity index (χ4v) is 1.66. The van der Waals surface area contributed by atoms with E-state index >= 15 is 0 Å². The minimum atomic E-state index is -0.302. The van der Waals surface area contributed by atoms with E-state index < -0.39 is 0 Å². The lowest BCUT2D eigenvalue weighted by Crippen LogP contribution is -2.04.